The van der Waals surface area contributed by atoms with E-state index >= 15 is 0 Å². The molecular formula is C81H55BN6. The molecule has 6 nitrogen and oxygen atoms in total. The highest BCUT2D eigenvalue weighted by molar-refractivity contribution is 7.00. The van der Waals surface area contributed by atoms with Gasteiger partial charge in [0.15, 0.2) is 0 Å². The molecule has 0 bridgehead atoms. The molecule has 0 atom stereocenters. The van der Waals surface area contributed by atoms with Gasteiger partial charge in [0.05, 0.1) is 40.3 Å². The minimum atomic E-state index is -0.246. The van der Waals surface area contributed by atoms with E-state index < -0.39 is 0 Å². The Hall–Kier alpha value is -11.9. The second kappa shape index (κ2) is 22.6. The Kier molecular flexibility index (Phi) is 13.6. The van der Waals surface area contributed by atoms with E-state index in [1.807, 2.05) is 36.4 Å². The van der Waals surface area contributed by atoms with Crippen molar-refractivity contribution >= 4 is 91.3 Å². The lowest BCUT2D eigenvalue weighted by Gasteiger charge is -2.45. The maximum atomic E-state index is 11.1. The van der Waals surface area contributed by atoms with Crippen LogP contribution in [0.2, 0.25) is 0 Å². The zero-order valence-electron chi connectivity index (χ0n) is 48.3. The molecule has 2 aliphatic heterocycles. The third-order valence-electron chi connectivity index (χ3n) is 17.2. The summed E-state index contributed by atoms with van der Waals surface area (Å²) in [6.45, 7) is 1.87. The van der Waals surface area contributed by atoms with Crippen molar-refractivity contribution < 1.29 is 0 Å². The molecule has 2 heterocycles. The summed E-state index contributed by atoms with van der Waals surface area (Å²) in [4.78, 5) is 9.53. The van der Waals surface area contributed by atoms with E-state index in [9.17, 15) is 10.5 Å². The summed E-state index contributed by atoms with van der Waals surface area (Å²) < 4.78 is 0. The van der Waals surface area contributed by atoms with Crippen molar-refractivity contribution in [3.05, 3.63) is 332 Å². The van der Waals surface area contributed by atoms with Crippen LogP contribution in [0.4, 0.5) is 68.2 Å². The lowest BCUT2D eigenvalue weighted by atomic mass is 9.33. The first-order valence-electron chi connectivity index (χ1n) is 29.7. The van der Waals surface area contributed by atoms with E-state index in [1.54, 1.807) is 0 Å². The van der Waals surface area contributed by atoms with Crippen LogP contribution >= 0.6 is 0 Å². The lowest BCUT2D eigenvalue weighted by molar-refractivity contribution is 1.24. The predicted octanol–water partition coefficient (Wildman–Crippen LogP) is 19.4. The van der Waals surface area contributed by atoms with Crippen LogP contribution < -0.4 is 36.0 Å². The van der Waals surface area contributed by atoms with Gasteiger partial charge in [-0.05, 0) is 166 Å². The molecule has 88 heavy (non-hydrogen) atoms. The fourth-order valence-electron chi connectivity index (χ4n) is 13.4. The Morgan fingerprint density at radius 3 is 1.19 bits per heavy atom. The highest BCUT2D eigenvalue weighted by atomic mass is 15.2. The molecular weight excluding hydrogens is 1070 g/mol. The average molecular weight is 1120 g/mol. The monoisotopic (exact) mass is 1120 g/mol. The first kappa shape index (κ1) is 52.9. The van der Waals surface area contributed by atoms with Gasteiger partial charge in [-0.25, -0.2) is 0 Å². The third-order valence-corrected chi connectivity index (χ3v) is 17.2. The zero-order chi connectivity index (χ0) is 59.1. The Bertz CT molecular complexity index is 4770. The molecule has 0 fully saturated rings. The fraction of sp³-hybridized carbons (Fsp3) is 0.0123. The molecule has 13 aromatic rings. The van der Waals surface area contributed by atoms with E-state index in [2.05, 4.69) is 318 Å². The van der Waals surface area contributed by atoms with Crippen molar-refractivity contribution in [2.75, 3.05) is 19.6 Å². The quantitative estimate of drug-likeness (QED) is 0.114. The average Bonchev–Trinajstić information content (AvgIpc) is 0.711. The fourth-order valence-corrected chi connectivity index (χ4v) is 13.4. The summed E-state index contributed by atoms with van der Waals surface area (Å²) in [5.41, 5.74) is 25.9. The first-order chi connectivity index (χ1) is 43.5. The van der Waals surface area contributed by atoms with Gasteiger partial charge in [-0.3, -0.25) is 0 Å². The summed E-state index contributed by atoms with van der Waals surface area (Å²) in [5.74, 6) is 0. The molecule has 0 unspecified atom stereocenters. The number of benzene rings is 13. The SMILES string of the molecule is Cc1cc(C#N)cc(-c2ccc3c(c2)N(c2ccccc2-c2ccccc2)c2cccc4c2B3c2ccc(-c3cc(N(c5ccccc5)c5ccccc5)ccc3C#N)cc2N4c2ccccc2-c2ccccc2)c1N(c1ccccc1)c1ccccc1. The number of para-hydroxylation sites is 6. The van der Waals surface area contributed by atoms with Crippen LogP contribution in [-0.2, 0) is 0 Å². The summed E-state index contributed by atoms with van der Waals surface area (Å²) in [6, 6.07) is 117. The van der Waals surface area contributed by atoms with Crippen molar-refractivity contribution in [1.29, 1.82) is 10.5 Å². The Balaban J connectivity index is 1.00. The normalized spacial score (nSPS) is 11.8. The third kappa shape index (κ3) is 9.23. The lowest BCUT2D eigenvalue weighted by Crippen LogP contribution is -2.61. The molecule has 0 aromatic heterocycles. The molecule has 0 aliphatic carbocycles. The van der Waals surface area contributed by atoms with E-state index in [-0.39, 0.29) is 6.71 Å². The number of fused-ring (bicyclic) bond motifs is 4. The molecule has 0 saturated heterocycles. The smallest absolute Gasteiger partial charge is 0.252 e. The van der Waals surface area contributed by atoms with Gasteiger partial charge in [-0.2, -0.15) is 10.5 Å². The number of nitrogens with zero attached hydrogens (tertiary/aromatic N) is 6. The van der Waals surface area contributed by atoms with Gasteiger partial charge in [-0.1, -0.05) is 200 Å². The number of hydrogen-bond acceptors (Lipinski definition) is 6. The topological polar surface area (TPSA) is 60.5 Å². The number of nitriles is 2. The minimum absolute atomic E-state index is 0.246. The highest BCUT2D eigenvalue weighted by Crippen LogP contribution is 2.51. The van der Waals surface area contributed by atoms with Crippen LogP contribution in [0.15, 0.2) is 315 Å². The van der Waals surface area contributed by atoms with Gasteiger partial charge >= 0.3 is 0 Å². The van der Waals surface area contributed by atoms with Crippen molar-refractivity contribution in [2.45, 2.75) is 6.92 Å². The molecule has 0 radical (unpaired) electrons. The number of hydrogen-bond donors (Lipinski definition) is 0. The van der Waals surface area contributed by atoms with Gasteiger partial charge in [0.1, 0.15) is 0 Å². The number of rotatable bonds is 12. The Labute approximate surface area is 514 Å². The van der Waals surface area contributed by atoms with Crippen molar-refractivity contribution in [1.82, 2.24) is 0 Å². The first-order valence-corrected chi connectivity index (χ1v) is 29.7. The van der Waals surface area contributed by atoms with Crippen molar-refractivity contribution in [3.63, 3.8) is 0 Å². The summed E-state index contributed by atoms with van der Waals surface area (Å²) in [5, 5.41) is 21.8. The standard InChI is InChI=1S/C81H55BN6/c1-56-49-57(54-83)50-71(81(56)86(65-33-16-6-17-34-65)66-35-18-7-19-36-66)61-45-48-73-79(52-61)88(75-40-23-21-38-69(75)59-27-10-3-11-28-59)77-42-24-41-76-80(77)82(73)72-47-44-60(51-78(72)87(76)74-39-22-20-37-68(74)58-25-8-2-9-26-58)70-53-67(46-43-62(70)55-84)85(63-29-12-4-13-30-63)64-31-14-5-15-32-64/h2-53H,1H3. The molecule has 2 aliphatic rings. The highest BCUT2D eigenvalue weighted by Gasteiger charge is 2.44. The van der Waals surface area contributed by atoms with Crippen LogP contribution in [0.1, 0.15) is 16.7 Å². The molecule has 0 spiro atoms. The molecule has 15 rings (SSSR count). The minimum Gasteiger partial charge on any atom is -0.311 e. The molecule has 7 heteroatoms. The van der Waals surface area contributed by atoms with Gasteiger partial charge in [0, 0.05) is 73.4 Å². The second-order valence-electron chi connectivity index (χ2n) is 22.3. The van der Waals surface area contributed by atoms with Crippen LogP contribution in [0.5, 0.6) is 0 Å². The van der Waals surface area contributed by atoms with Crippen LogP contribution in [-0.4, -0.2) is 6.71 Å². The Morgan fingerprint density at radius 1 is 0.307 bits per heavy atom. The predicted molar refractivity (Wildman–Crippen MR) is 366 cm³/mol. The van der Waals surface area contributed by atoms with E-state index in [1.165, 1.54) is 5.46 Å². The molecule has 412 valence electrons. The number of anilines is 12. The number of aryl methyl sites for hydroxylation is 1. The summed E-state index contributed by atoms with van der Waals surface area (Å²) in [6.07, 6.45) is 0. The second-order valence-corrected chi connectivity index (χ2v) is 22.3. The van der Waals surface area contributed by atoms with Crippen LogP contribution in [0, 0.1) is 29.6 Å². The molecule has 0 N–H and O–H groups in total. The zero-order valence-corrected chi connectivity index (χ0v) is 48.3. The Morgan fingerprint density at radius 2 is 0.727 bits per heavy atom. The molecule has 0 saturated carbocycles. The van der Waals surface area contributed by atoms with Crippen LogP contribution in [0.25, 0.3) is 44.5 Å². The van der Waals surface area contributed by atoms with Gasteiger partial charge in [-0.15, -0.1) is 0 Å². The van der Waals surface area contributed by atoms with Crippen LogP contribution in [0.3, 0.4) is 0 Å². The van der Waals surface area contributed by atoms with E-state index in [0.717, 1.165) is 129 Å². The maximum Gasteiger partial charge on any atom is 0.252 e. The van der Waals surface area contributed by atoms with E-state index in [4.69, 9.17) is 0 Å². The molecule has 13 aromatic carbocycles. The largest absolute Gasteiger partial charge is 0.311 e. The van der Waals surface area contributed by atoms with E-state index in [0.29, 0.717) is 11.1 Å². The van der Waals surface area contributed by atoms with Gasteiger partial charge < -0.3 is 19.6 Å². The maximum absolute atomic E-state index is 11.1. The summed E-state index contributed by atoms with van der Waals surface area (Å²) >= 11 is 0. The van der Waals surface area contributed by atoms with Gasteiger partial charge in [0.2, 0.25) is 0 Å². The van der Waals surface area contributed by atoms with Crippen molar-refractivity contribution in [2.24, 2.45) is 0 Å². The summed E-state index contributed by atoms with van der Waals surface area (Å²) in [7, 11) is 0. The molecule has 0 amide bonds. The van der Waals surface area contributed by atoms with Crippen molar-refractivity contribution in [3.8, 4) is 56.6 Å². The van der Waals surface area contributed by atoms with Gasteiger partial charge in [0.25, 0.3) is 6.71 Å².